The van der Waals surface area contributed by atoms with Crippen LogP contribution in [0.5, 0.6) is 0 Å². The van der Waals surface area contributed by atoms with Crippen molar-refractivity contribution in [3.8, 4) is 0 Å². The van der Waals surface area contributed by atoms with Crippen LogP contribution in [0.2, 0.25) is 0 Å². The van der Waals surface area contributed by atoms with Crippen molar-refractivity contribution < 1.29 is 24.6 Å². The molecule has 0 bridgehead atoms. The number of carboxylic acids is 1. The number of carboxylic acid groups (broad SMARTS) is 1. The molecule has 1 unspecified atom stereocenters. The molecule has 0 heterocycles. The molecule has 0 rings (SSSR count). The van der Waals surface area contributed by atoms with Crippen LogP contribution < -0.4 is 11.1 Å². The Hall–Kier alpha value is -1.63. The average molecular weight is 190 g/mol. The molecule has 0 aliphatic carbocycles. The van der Waals surface area contributed by atoms with E-state index < -0.39 is 36.9 Å². The van der Waals surface area contributed by atoms with Gasteiger partial charge in [-0.15, -0.1) is 0 Å². The number of nitrogens with one attached hydrogen (secondary N) is 1. The normalized spacial score (nSPS) is 11.8. The smallest absolute Gasteiger partial charge is 0.326 e. The number of nitrogens with two attached hydrogens (primary N) is 1. The summed E-state index contributed by atoms with van der Waals surface area (Å²) in [6, 6.07) is -1.38. The number of aliphatic hydroxyl groups excluding tert-OH is 1. The molecular formula is C6H10N2O5. The van der Waals surface area contributed by atoms with Crippen LogP contribution in [0.4, 0.5) is 0 Å². The molecule has 0 aromatic rings. The Morgan fingerprint density at radius 2 is 1.92 bits per heavy atom. The second-order valence-electron chi connectivity index (χ2n) is 2.29. The predicted octanol–water partition coefficient (Wildman–Crippen LogP) is -2.58. The third kappa shape index (κ3) is 4.75. The van der Waals surface area contributed by atoms with E-state index in [9.17, 15) is 14.4 Å². The molecule has 0 aromatic heterocycles. The van der Waals surface area contributed by atoms with Crippen molar-refractivity contribution >= 4 is 17.8 Å². The highest BCUT2D eigenvalue weighted by molar-refractivity contribution is 5.88. The number of primary amides is 1. The molecule has 1 atom stereocenters. The number of hydrogen-bond acceptors (Lipinski definition) is 4. The lowest BCUT2D eigenvalue weighted by molar-refractivity contribution is -0.143. The summed E-state index contributed by atoms with van der Waals surface area (Å²) < 4.78 is 0. The molecule has 7 nitrogen and oxygen atoms in total. The fourth-order valence-electron chi connectivity index (χ4n) is 0.641. The van der Waals surface area contributed by atoms with Crippen LogP contribution in [0, 0.1) is 0 Å². The number of carbonyl (C=O) groups is 3. The van der Waals surface area contributed by atoms with Crippen LogP contribution in [0.25, 0.3) is 0 Å². The van der Waals surface area contributed by atoms with Crippen molar-refractivity contribution in [2.24, 2.45) is 5.73 Å². The van der Waals surface area contributed by atoms with Gasteiger partial charge in [0.15, 0.2) is 0 Å². The van der Waals surface area contributed by atoms with Gasteiger partial charge in [0.1, 0.15) is 12.6 Å². The molecule has 0 aliphatic heterocycles. The van der Waals surface area contributed by atoms with E-state index in [1.807, 2.05) is 5.32 Å². The van der Waals surface area contributed by atoms with E-state index in [1.54, 1.807) is 0 Å². The lowest BCUT2D eigenvalue weighted by atomic mass is 10.2. The summed E-state index contributed by atoms with van der Waals surface area (Å²) in [5.41, 5.74) is 4.73. The van der Waals surface area contributed by atoms with Gasteiger partial charge in [-0.1, -0.05) is 0 Å². The van der Waals surface area contributed by atoms with Crippen molar-refractivity contribution in [1.82, 2.24) is 5.32 Å². The highest BCUT2D eigenvalue weighted by Gasteiger charge is 2.21. The standard InChI is InChI=1S/C6H10N2O5/c7-4(10)1-3(6(12)13)8-5(11)2-9/h3,9H,1-2H2,(H2,7,10)(H,8,11)(H,12,13). The first-order valence-electron chi connectivity index (χ1n) is 3.38. The maximum atomic E-state index is 10.5. The van der Waals surface area contributed by atoms with Gasteiger partial charge in [0, 0.05) is 0 Å². The number of aliphatic carboxylic acids is 1. The molecule has 13 heavy (non-hydrogen) atoms. The Morgan fingerprint density at radius 1 is 1.38 bits per heavy atom. The largest absolute Gasteiger partial charge is 0.480 e. The number of aliphatic hydroxyl groups is 1. The average Bonchev–Trinajstić information content (AvgIpc) is 2.02. The molecule has 5 N–H and O–H groups in total. The van der Waals surface area contributed by atoms with Crippen LogP contribution in [0.15, 0.2) is 0 Å². The minimum atomic E-state index is -1.38. The quantitative estimate of drug-likeness (QED) is 0.378. The summed E-state index contributed by atoms with van der Waals surface area (Å²) in [4.78, 5) is 31.2. The zero-order valence-corrected chi connectivity index (χ0v) is 6.69. The zero-order chi connectivity index (χ0) is 10.4. The lowest BCUT2D eigenvalue weighted by Crippen LogP contribution is -2.44. The van der Waals surface area contributed by atoms with Gasteiger partial charge in [0.05, 0.1) is 6.42 Å². The van der Waals surface area contributed by atoms with Crippen LogP contribution in [-0.2, 0) is 14.4 Å². The number of amides is 2. The molecule has 0 aromatic carbocycles. The van der Waals surface area contributed by atoms with Gasteiger partial charge >= 0.3 is 5.97 Å². The second-order valence-corrected chi connectivity index (χ2v) is 2.29. The number of carbonyl (C=O) groups excluding carboxylic acids is 2. The molecular weight excluding hydrogens is 180 g/mol. The summed E-state index contributed by atoms with van der Waals surface area (Å²) in [7, 11) is 0. The van der Waals surface area contributed by atoms with Gasteiger partial charge in [-0.3, -0.25) is 9.59 Å². The molecule has 0 aliphatic rings. The first kappa shape index (κ1) is 11.4. The Morgan fingerprint density at radius 3 is 2.23 bits per heavy atom. The Bertz CT molecular complexity index is 227. The van der Waals surface area contributed by atoms with Gasteiger partial charge < -0.3 is 21.3 Å². The summed E-state index contributed by atoms with van der Waals surface area (Å²) in [5.74, 6) is -3.08. The van der Waals surface area contributed by atoms with Crippen molar-refractivity contribution in [1.29, 1.82) is 0 Å². The van der Waals surface area contributed by atoms with E-state index in [-0.39, 0.29) is 0 Å². The van der Waals surface area contributed by atoms with Crippen LogP contribution in [0.1, 0.15) is 6.42 Å². The first-order valence-corrected chi connectivity index (χ1v) is 3.38. The summed E-state index contributed by atoms with van der Waals surface area (Å²) >= 11 is 0. The fraction of sp³-hybridized carbons (Fsp3) is 0.500. The van der Waals surface area contributed by atoms with Crippen molar-refractivity contribution in [3.63, 3.8) is 0 Å². The first-order chi connectivity index (χ1) is 5.97. The molecule has 2 amide bonds. The predicted molar refractivity (Wildman–Crippen MR) is 40.5 cm³/mol. The highest BCUT2D eigenvalue weighted by atomic mass is 16.4. The molecule has 0 fully saturated rings. The van der Waals surface area contributed by atoms with E-state index in [0.717, 1.165) is 0 Å². The Kier molecular flexibility index (Phi) is 4.45. The van der Waals surface area contributed by atoms with Crippen LogP contribution in [0.3, 0.4) is 0 Å². The monoisotopic (exact) mass is 190 g/mol. The topological polar surface area (TPSA) is 130 Å². The SMILES string of the molecule is NC(=O)CC(NC(=O)CO)C(=O)O. The minimum absolute atomic E-state index is 0.499. The van der Waals surface area contributed by atoms with E-state index >= 15 is 0 Å². The van der Waals surface area contributed by atoms with Crippen molar-refractivity contribution in [2.45, 2.75) is 12.5 Å². The van der Waals surface area contributed by atoms with Gasteiger partial charge in [0.25, 0.3) is 0 Å². The minimum Gasteiger partial charge on any atom is -0.480 e. The number of rotatable bonds is 5. The van der Waals surface area contributed by atoms with E-state index in [0.29, 0.717) is 0 Å². The maximum Gasteiger partial charge on any atom is 0.326 e. The summed E-state index contributed by atoms with van der Waals surface area (Å²) in [6.45, 7) is -0.831. The fourth-order valence-corrected chi connectivity index (χ4v) is 0.641. The van der Waals surface area contributed by atoms with Crippen molar-refractivity contribution in [2.75, 3.05) is 6.61 Å². The van der Waals surface area contributed by atoms with Gasteiger partial charge in [0.2, 0.25) is 11.8 Å². The summed E-state index contributed by atoms with van der Waals surface area (Å²) in [6.07, 6.45) is -0.499. The third-order valence-electron chi connectivity index (χ3n) is 1.18. The second kappa shape index (κ2) is 5.09. The number of hydrogen-bond donors (Lipinski definition) is 4. The molecule has 0 radical (unpaired) electrons. The highest BCUT2D eigenvalue weighted by Crippen LogP contribution is 1.91. The van der Waals surface area contributed by atoms with Gasteiger partial charge in [-0.2, -0.15) is 0 Å². The lowest BCUT2D eigenvalue weighted by Gasteiger charge is -2.10. The molecule has 0 saturated heterocycles. The van der Waals surface area contributed by atoms with E-state index in [2.05, 4.69) is 0 Å². The Balaban J connectivity index is 4.18. The van der Waals surface area contributed by atoms with Crippen LogP contribution >= 0.6 is 0 Å². The van der Waals surface area contributed by atoms with Crippen molar-refractivity contribution in [3.05, 3.63) is 0 Å². The van der Waals surface area contributed by atoms with Gasteiger partial charge in [-0.25, -0.2) is 4.79 Å². The van der Waals surface area contributed by atoms with Crippen LogP contribution in [-0.4, -0.2) is 40.6 Å². The van der Waals surface area contributed by atoms with E-state index in [1.165, 1.54) is 0 Å². The molecule has 7 heteroatoms. The molecule has 74 valence electrons. The van der Waals surface area contributed by atoms with E-state index in [4.69, 9.17) is 15.9 Å². The Labute approximate surface area is 73.5 Å². The molecule has 0 spiro atoms. The summed E-state index contributed by atoms with van der Waals surface area (Å²) in [5, 5.41) is 18.6. The third-order valence-corrected chi connectivity index (χ3v) is 1.18. The molecule has 0 saturated carbocycles. The zero-order valence-electron chi connectivity index (χ0n) is 6.69. The van der Waals surface area contributed by atoms with Gasteiger partial charge in [-0.05, 0) is 0 Å². The maximum absolute atomic E-state index is 10.5.